The summed E-state index contributed by atoms with van der Waals surface area (Å²) in [6, 6.07) is 7.42. The quantitative estimate of drug-likeness (QED) is 0.765. The molecule has 0 fully saturated rings. The average molecular weight is 348 g/mol. The molecule has 0 bridgehead atoms. The fourth-order valence-corrected chi connectivity index (χ4v) is 3.02. The number of aliphatic carboxylic acids is 1. The van der Waals surface area contributed by atoms with E-state index in [9.17, 15) is 9.59 Å². The molecule has 2 aromatic rings. The molecule has 0 aliphatic heterocycles. The van der Waals surface area contributed by atoms with Gasteiger partial charge in [-0.15, -0.1) is 11.3 Å². The predicted molar refractivity (Wildman–Crippen MR) is 92.5 cm³/mol. The van der Waals surface area contributed by atoms with Crippen molar-refractivity contribution in [1.82, 2.24) is 10.3 Å². The maximum Gasteiger partial charge on any atom is 0.308 e. The van der Waals surface area contributed by atoms with Crippen LogP contribution >= 0.6 is 11.3 Å². The summed E-state index contributed by atoms with van der Waals surface area (Å²) in [6.45, 7) is 2.02. The summed E-state index contributed by atoms with van der Waals surface area (Å²) in [5.74, 6) is -1.06. The third-order valence-electron chi connectivity index (χ3n) is 3.57. The number of nitrogens with one attached hydrogen (secondary N) is 1. The van der Waals surface area contributed by atoms with Crippen molar-refractivity contribution in [2.75, 3.05) is 13.7 Å². The minimum Gasteiger partial charge on any atom is -0.497 e. The Hall–Kier alpha value is -2.41. The van der Waals surface area contributed by atoms with Gasteiger partial charge in [-0.05, 0) is 30.7 Å². The van der Waals surface area contributed by atoms with Crippen molar-refractivity contribution in [1.29, 1.82) is 0 Å². The topological polar surface area (TPSA) is 88.5 Å². The number of hydrogen-bond acceptors (Lipinski definition) is 5. The van der Waals surface area contributed by atoms with Gasteiger partial charge in [0.15, 0.2) is 0 Å². The molecule has 0 aliphatic rings. The number of amides is 1. The number of methoxy groups -OCH3 is 1. The van der Waals surface area contributed by atoms with Gasteiger partial charge in [-0.3, -0.25) is 9.59 Å². The molecule has 24 heavy (non-hydrogen) atoms. The molecule has 7 heteroatoms. The monoisotopic (exact) mass is 348 g/mol. The van der Waals surface area contributed by atoms with E-state index >= 15 is 0 Å². The third-order valence-corrected chi connectivity index (χ3v) is 4.46. The van der Waals surface area contributed by atoms with Crippen molar-refractivity contribution in [3.63, 3.8) is 0 Å². The Morgan fingerprint density at radius 1 is 1.33 bits per heavy atom. The van der Waals surface area contributed by atoms with Crippen LogP contribution < -0.4 is 10.1 Å². The number of benzene rings is 1. The smallest absolute Gasteiger partial charge is 0.308 e. The molecule has 2 rings (SSSR count). The second-order valence-corrected chi connectivity index (χ2v) is 6.16. The first-order chi connectivity index (χ1) is 11.5. The lowest BCUT2D eigenvalue weighted by Crippen LogP contribution is -2.33. The van der Waals surface area contributed by atoms with Gasteiger partial charge in [0.2, 0.25) is 0 Å². The van der Waals surface area contributed by atoms with Crippen LogP contribution in [0.1, 0.15) is 30.3 Å². The van der Waals surface area contributed by atoms with Crippen LogP contribution in [0, 0.1) is 5.92 Å². The van der Waals surface area contributed by atoms with Gasteiger partial charge >= 0.3 is 5.97 Å². The lowest BCUT2D eigenvalue weighted by molar-refractivity contribution is -0.141. The maximum atomic E-state index is 12.1. The highest BCUT2D eigenvalue weighted by atomic mass is 32.1. The Kier molecular flexibility index (Phi) is 6.31. The van der Waals surface area contributed by atoms with Gasteiger partial charge in [-0.25, -0.2) is 4.98 Å². The van der Waals surface area contributed by atoms with Gasteiger partial charge in [-0.1, -0.05) is 13.3 Å². The SMILES string of the molecule is CCCC(CNC(=O)c1csc(-c2ccc(OC)cc2)n1)C(=O)O. The van der Waals surface area contributed by atoms with Crippen molar-refractivity contribution >= 4 is 23.2 Å². The largest absolute Gasteiger partial charge is 0.497 e. The molecular weight excluding hydrogens is 328 g/mol. The molecule has 6 nitrogen and oxygen atoms in total. The van der Waals surface area contributed by atoms with Gasteiger partial charge in [-0.2, -0.15) is 0 Å². The summed E-state index contributed by atoms with van der Waals surface area (Å²) < 4.78 is 5.11. The number of nitrogens with zero attached hydrogens (tertiary/aromatic N) is 1. The van der Waals surface area contributed by atoms with Crippen LogP contribution in [0.3, 0.4) is 0 Å². The average Bonchev–Trinajstić information content (AvgIpc) is 3.08. The number of carboxylic acid groups (broad SMARTS) is 1. The number of thiazole rings is 1. The van der Waals surface area contributed by atoms with Crippen molar-refractivity contribution in [3.8, 4) is 16.3 Å². The summed E-state index contributed by atoms with van der Waals surface area (Å²) in [7, 11) is 1.60. The van der Waals surface area contributed by atoms with Gasteiger partial charge in [0.05, 0.1) is 13.0 Å². The molecule has 0 radical (unpaired) electrons. The summed E-state index contributed by atoms with van der Waals surface area (Å²) in [5, 5.41) is 14.2. The van der Waals surface area contributed by atoms with Crippen LogP contribution in [0.5, 0.6) is 5.75 Å². The zero-order valence-electron chi connectivity index (χ0n) is 13.6. The molecule has 1 atom stereocenters. The second kappa shape index (κ2) is 8.44. The van der Waals surface area contributed by atoms with Crippen LogP contribution in [-0.2, 0) is 4.79 Å². The summed E-state index contributed by atoms with van der Waals surface area (Å²) in [4.78, 5) is 27.6. The summed E-state index contributed by atoms with van der Waals surface area (Å²) in [6.07, 6.45) is 1.29. The summed E-state index contributed by atoms with van der Waals surface area (Å²) >= 11 is 1.37. The summed E-state index contributed by atoms with van der Waals surface area (Å²) in [5.41, 5.74) is 1.20. The van der Waals surface area contributed by atoms with E-state index in [1.807, 2.05) is 31.2 Å². The molecule has 0 spiro atoms. The zero-order chi connectivity index (χ0) is 17.5. The highest BCUT2D eigenvalue weighted by Gasteiger charge is 2.19. The highest BCUT2D eigenvalue weighted by molar-refractivity contribution is 7.13. The predicted octanol–water partition coefficient (Wildman–Crippen LogP) is 3.05. The highest BCUT2D eigenvalue weighted by Crippen LogP contribution is 2.25. The van der Waals surface area contributed by atoms with Crippen LogP contribution in [0.25, 0.3) is 10.6 Å². The lowest BCUT2D eigenvalue weighted by atomic mass is 10.0. The minimum absolute atomic E-state index is 0.109. The van der Waals surface area contributed by atoms with Gasteiger partial charge in [0.25, 0.3) is 5.91 Å². The number of rotatable bonds is 8. The third kappa shape index (κ3) is 4.55. The van der Waals surface area contributed by atoms with Gasteiger partial charge < -0.3 is 15.2 Å². The molecule has 2 N–H and O–H groups in total. The molecule has 1 unspecified atom stereocenters. The Bertz CT molecular complexity index is 697. The van der Waals surface area contributed by atoms with Crippen LogP contribution in [-0.4, -0.2) is 35.6 Å². The van der Waals surface area contributed by atoms with Crippen molar-refractivity contribution < 1.29 is 19.4 Å². The minimum atomic E-state index is -0.894. The number of aromatic nitrogens is 1. The molecule has 0 saturated heterocycles. The van der Waals surface area contributed by atoms with E-state index in [1.165, 1.54) is 11.3 Å². The fourth-order valence-electron chi connectivity index (χ4n) is 2.21. The molecule has 1 amide bonds. The Balaban J connectivity index is 2.01. The van der Waals surface area contributed by atoms with Crippen molar-refractivity contribution in [2.45, 2.75) is 19.8 Å². The van der Waals surface area contributed by atoms with Gasteiger partial charge in [0.1, 0.15) is 16.5 Å². The molecule has 0 saturated carbocycles. The molecule has 128 valence electrons. The van der Waals surface area contributed by atoms with E-state index in [1.54, 1.807) is 12.5 Å². The first-order valence-corrected chi connectivity index (χ1v) is 8.54. The van der Waals surface area contributed by atoms with Crippen molar-refractivity contribution in [2.24, 2.45) is 5.92 Å². The Labute approximate surface area is 144 Å². The van der Waals surface area contributed by atoms with E-state index < -0.39 is 11.9 Å². The molecule has 0 aliphatic carbocycles. The second-order valence-electron chi connectivity index (χ2n) is 5.30. The Morgan fingerprint density at radius 2 is 2.04 bits per heavy atom. The molecular formula is C17H20N2O4S. The lowest BCUT2D eigenvalue weighted by Gasteiger charge is -2.11. The fraction of sp³-hybridized carbons (Fsp3) is 0.353. The molecule has 1 aromatic carbocycles. The van der Waals surface area contributed by atoms with E-state index in [0.717, 1.165) is 22.7 Å². The zero-order valence-corrected chi connectivity index (χ0v) is 14.4. The number of carbonyl (C=O) groups is 2. The van der Waals surface area contributed by atoms with E-state index in [4.69, 9.17) is 9.84 Å². The number of carbonyl (C=O) groups excluding carboxylic acids is 1. The normalized spacial score (nSPS) is 11.8. The van der Waals surface area contributed by atoms with Crippen LogP contribution in [0.4, 0.5) is 0 Å². The van der Waals surface area contributed by atoms with Gasteiger partial charge in [0, 0.05) is 17.5 Å². The van der Waals surface area contributed by atoms with E-state index in [-0.39, 0.29) is 12.5 Å². The van der Waals surface area contributed by atoms with Crippen LogP contribution in [0.2, 0.25) is 0 Å². The van der Waals surface area contributed by atoms with E-state index in [2.05, 4.69) is 10.3 Å². The van der Waals surface area contributed by atoms with E-state index in [0.29, 0.717) is 12.1 Å². The maximum absolute atomic E-state index is 12.1. The molecule has 1 aromatic heterocycles. The van der Waals surface area contributed by atoms with Crippen molar-refractivity contribution in [3.05, 3.63) is 35.3 Å². The first-order valence-electron chi connectivity index (χ1n) is 7.66. The number of carboxylic acids is 1. The Morgan fingerprint density at radius 3 is 2.62 bits per heavy atom. The number of hydrogen-bond donors (Lipinski definition) is 2. The molecule has 1 heterocycles. The standard InChI is InChI=1S/C17H20N2O4S/c1-3-4-12(17(21)22)9-18-15(20)14-10-24-16(19-14)11-5-7-13(23-2)8-6-11/h5-8,10,12H,3-4,9H2,1-2H3,(H,18,20)(H,21,22). The van der Waals surface area contributed by atoms with Crippen LogP contribution in [0.15, 0.2) is 29.6 Å². The first kappa shape index (κ1) is 17.9. The number of ether oxygens (including phenoxy) is 1.